The second-order valence-corrected chi connectivity index (χ2v) is 3.19. The van der Waals surface area contributed by atoms with Gasteiger partial charge < -0.3 is 15.8 Å². The molecule has 0 aliphatic carbocycles. The first-order chi connectivity index (χ1) is 7.20. The monoisotopic (exact) mass is 208 g/mol. The Hall–Kier alpha value is -1.71. The molecule has 1 aromatic carbocycles. The van der Waals surface area contributed by atoms with Gasteiger partial charge >= 0.3 is 5.97 Å². The maximum Gasteiger partial charge on any atom is 0.340 e. The highest BCUT2D eigenvalue weighted by Crippen LogP contribution is 2.23. The number of hydrogen-bond donors (Lipinski definition) is 2. The molecule has 0 fully saturated rings. The summed E-state index contributed by atoms with van der Waals surface area (Å²) in [5.41, 5.74) is 7.48. The van der Waals surface area contributed by atoms with Crippen molar-refractivity contribution in [2.24, 2.45) is 0 Å². The number of para-hydroxylation sites is 1. The lowest BCUT2D eigenvalue weighted by Crippen LogP contribution is -2.10. The van der Waals surface area contributed by atoms with E-state index in [0.717, 1.165) is 13.0 Å². The summed E-state index contributed by atoms with van der Waals surface area (Å²) in [7, 11) is 1.36. The molecular formula is C11H16N2O2. The number of nitrogens with one attached hydrogen (secondary N) is 1. The molecule has 3 N–H and O–H groups in total. The number of carbonyl (C=O) groups excluding carboxylic acids is 1. The summed E-state index contributed by atoms with van der Waals surface area (Å²) in [6.07, 6.45) is 0.967. The number of carbonyl (C=O) groups is 1. The minimum atomic E-state index is -0.374. The van der Waals surface area contributed by atoms with E-state index in [1.165, 1.54) is 7.11 Å². The summed E-state index contributed by atoms with van der Waals surface area (Å²) >= 11 is 0. The van der Waals surface area contributed by atoms with Gasteiger partial charge in [-0.2, -0.15) is 0 Å². The van der Waals surface area contributed by atoms with Crippen LogP contribution in [0.2, 0.25) is 0 Å². The molecule has 82 valence electrons. The van der Waals surface area contributed by atoms with Crippen LogP contribution in [-0.2, 0) is 4.74 Å². The van der Waals surface area contributed by atoms with Crippen molar-refractivity contribution >= 4 is 17.3 Å². The van der Waals surface area contributed by atoms with Crippen LogP contribution in [0.1, 0.15) is 23.7 Å². The topological polar surface area (TPSA) is 64.3 Å². The molecule has 0 atom stereocenters. The van der Waals surface area contributed by atoms with E-state index >= 15 is 0 Å². The molecule has 0 saturated heterocycles. The van der Waals surface area contributed by atoms with Crippen LogP contribution < -0.4 is 11.1 Å². The van der Waals surface area contributed by atoms with Crippen LogP contribution in [0.15, 0.2) is 18.2 Å². The van der Waals surface area contributed by atoms with Gasteiger partial charge in [-0.15, -0.1) is 0 Å². The van der Waals surface area contributed by atoms with Gasteiger partial charge in [-0.25, -0.2) is 4.79 Å². The van der Waals surface area contributed by atoms with E-state index in [9.17, 15) is 4.79 Å². The minimum absolute atomic E-state index is 0.374. The van der Waals surface area contributed by atoms with E-state index in [1.807, 2.05) is 6.92 Å². The molecule has 0 radical (unpaired) electrons. The number of anilines is 2. The predicted molar refractivity (Wildman–Crippen MR) is 61.0 cm³/mol. The van der Waals surface area contributed by atoms with Gasteiger partial charge in [0.15, 0.2) is 0 Å². The van der Waals surface area contributed by atoms with Crippen molar-refractivity contribution in [3.8, 4) is 0 Å². The lowest BCUT2D eigenvalue weighted by molar-refractivity contribution is 0.0602. The summed E-state index contributed by atoms with van der Waals surface area (Å²) in [6.45, 7) is 2.82. The Morgan fingerprint density at radius 1 is 1.53 bits per heavy atom. The van der Waals surface area contributed by atoms with Crippen molar-refractivity contribution in [2.45, 2.75) is 13.3 Å². The fourth-order valence-electron chi connectivity index (χ4n) is 1.30. The Morgan fingerprint density at radius 3 is 2.87 bits per heavy atom. The summed E-state index contributed by atoms with van der Waals surface area (Å²) < 4.78 is 4.68. The standard InChI is InChI=1S/C11H16N2O2/c1-3-7-13-10-8(11(14)15-2)5-4-6-9(10)12/h4-6,13H,3,7,12H2,1-2H3. The Balaban J connectivity index is 3.03. The second kappa shape index (κ2) is 5.24. The molecule has 15 heavy (non-hydrogen) atoms. The molecule has 0 saturated carbocycles. The van der Waals surface area contributed by atoms with Gasteiger partial charge in [0.25, 0.3) is 0 Å². The zero-order valence-corrected chi connectivity index (χ0v) is 9.04. The van der Waals surface area contributed by atoms with Gasteiger partial charge in [-0.05, 0) is 18.6 Å². The average Bonchev–Trinajstić information content (AvgIpc) is 2.26. The van der Waals surface area contributed by atoms with Crippen LogP contribution in [0.3, 0.4) is 0 Å². The summed E-state index contributed by atoms with van der Waals surface area (Å²) in [6, 6.07) is 5.18. The Kier molecular flexibility index (Phi) is 3.97. The highest BCUT2D eigenvalue weighted by atomic mass is 16.5. The first-order valence-electron chi connectivity index (χ1n) is 4.91. The van der Waals surface area contributed by atoms with Gasteiger partial charge in [0.2, 0.25) is 0 Å². The van der Waals surface area contributed by atoms with Crippen molar-refractivity contribution in [1.29, 1.82) is 0 Å². The van der Waals surface area contributed by atoms with Crippen molar-refractivity contribution in [1.82, 2.24) is 0 Å². The number of nitrogens with two attached hydrogens (primary N) is 1. The van der Waals surface area contributed by atoms with Crippen LogP contribution in [0, 0.1) is 0 Å². The maximum atomic E-state index is 11.4. The SMILES string of the molecule is CCCNc1c(N)cccc1C(=O)OC. The fourth-order valence-corrected chi connectivity index (χ4v) is 1.30. The summed E-state index contributed by atoms with van der Waals surface area (Å²) in [5, 5.41) is 3.12. The van der Waals surface area contributed by atoms with Crippen molar-refractivity contribution < 1.29 is 9.53 Å². The van der Waals surface area contributed by atoms with E-state index < -0.39 is 0 Å². The molecule has 1 rings (SSSR count). The van der Waals surface area contributed by atoms with Gasteiger partial charge in [-0.1, -0.05) is 13.0 Å². The minimum Gasteiger partial charge on any atom is -0.465 e. The molecule has 4 nitrogen and oxygen atoms in total. The zero-order chi connectivity index (χ0) is 11.3. The number of benzene rings is 1. The number of nitrogen functional groups attached to an aromatic ring is 1. The van der Waals surface area contributed by atoms with E-state index in [2.05, 4.69) is 10.1 Å². The molecule has 0 amide bonds. The molecule has 0 aliphatic rings. The quantitative estimate of drug-likeness (QED) is 0.585. The molecule has 0 unspecified atom stereocenters. The molecular weight excluding hydrogens is 192 g/mol. The smallest absolute Gasteiger partial charge is 0.340 e. The largest absolute Gasteiger partial charge is 0.465 e. The second-order valence-electron chi connectivity index (χ2n) is 3.19. The van der Waals surface area contributed by atoms with Gasteiger partial charge in [-0.3, -0.25) is 0 Å². The number of esters is 1. The molecule has 0 aromatic heterocycles. The predicted octanol–water partition coefficient (Wildman–Crippen LogP) is 1.88. The van der Waals surface area contributed by atoms with Crippen molar-refractivity contribution in [2.75, 3.05) is 24.7 Å². The third-order valence-electron chi connectivity index (χ3n) is 2.05. The summed E-state index contributed by atoms with van der Waals surface area (Å²) in [5.74, 6) is -0.374. The fraction of sp³-hybridized carbons (Fsp3) is 0.364. The van der Waals surface area contributed by atoms with Crippen LogP contribution >= 0.6 is 0 Å². The van der Waals surface area contributed by atoms with Gasteiger partial charge in [0.05, 0.1) is 24.0 Å². The van der Waals surface area contributed by atoms with E-state index in [4.69, 9.17) is 5.73 Å². The van der Waals surface area contributed by atoms with Gasteiger partial charge in [0, 0.05) is 6.54 Å². The Bertz CT molecular complexity index is 350. The number of ether oxygens (including phenoxy) is 1. The molecule has 0 heterocycles. The number of hydrogen-bond acceptors (Lipinski definition) is 4. The normalized spacial score (nSPS) is 9.73. The van der Waals surface area contributed by atoms with Crippen LogP contribution in [-0.4, -0.2) is 19.6 Å². The van der Waals surface area contributed by atoms with Crippen LogP contribution in [0.25, 0.3) is 0 Å². The highest BCUT2D eigenvalue weighted by molar-refractivity contribution is 5.98. The van der Waals surface area contributed by atoms with Gasteiger partial charge in [0.1, 0.15) is 0 Å². The lowest BCUT2D eigenvalue weighted by atomic mass is 10.1. The third kappa shape index (κ3) is 2.62. The maximum absolute atomic E-state index is 11.4. The average molecular weight is 208 g/mol. The molecule has 0 spiro atoms. The van der Waals surface area contributed by atoms with E-state index in [0.29, 0.717) is 16.9 Å². The van der Waals surface area contributed by atoms with Crippen molar-refractivity contribution in [3.05, 3.63) is 23.8 Å². The molecule has 1 aromatic rings. The molecule has 0 aliphatic heterocycles. The molecule has 0 bridgehead atoms. The lowest BCUT2D eigenvalue weighted by Gasteiger charge is -2.12. The zero-order valence-electron chi connectivity index (χ0n) is 9.04. The highest BCUT2D eigenvalue weighted by Gasteiger charge is 2.13. The Labute approximate surface area is 89.4 Å². The van der Waals surface area contributed by atoms with Crippen molar-refractivity contribution in [3.63, 3.8) is 0 Å². The number of rotatable bonds is 4. The Morgan fingerprint density at radius 2 is 2.27 bits per heavy atom. The number of methoxy groups -OCH3 is 1. The third-order valence-corrected chi connectivity index (χ3v) is 2.05. The van der Waals surface area contributed by atoms with E-state index in [1.54, 1.807) is 18.2 Å². The first-order valence-corrected chi connectivity index (χ1v) is 4.91. The molecule has 4 heteroatoms. The first kappa shape index (κ1) is 11.4. The van der Waals surface area contributed by atoms with Crippen LogP contribution in [0.5, 0.6) is 0 Å². The van der Waals surface area contributed by atoms with Crippen LogP contribution in [0.4, 0.5) is 11.4 Å². The summed E-state index contributed by atoms with van der Waals surface area (Å²) in [4.78, 5) is 11.4. The van der Waals surface area contributed by atoms with E-state index in [-0.39, 0.29) is 5.97 Å².